The number of ether oxygens (including phenoxy) is 4. The minimum Gasteiger partial charge on any atom is -0.493 e. The zero-order chi connectivity index (χ0) is 22.8. The van der Waals surface area contributed by atoms with Crippen LogP contribution in [0.25, 0.3) is 0 Å². The lowest BCUT2D eigenvalue weighted by Crippen LogP contribution is -2.43. The smallest absolute Gasteiger partial charge is 0.269 e. The summed E-state index contributed by atoms with van der Waals surface area (Å²) in [5.41, 5.74) is 5.21. The van der Waals surface area contributed by atoms with Crippen LogP contribution in [0.3, 0.4) is 0 Å². The molecule has 3 amide bonds. The molecule has 0 radical (unpaired) electrons. The van der Waals surface area contributed by atoms with Crippen molar-refractivity contribution >= 4 is 39.3 Å². The van der Waals surface area contributed by atoms with Crippen molar-refractivity contribution in [3.63, 3.8) is 0 Å². The number of hydrogen-bond acceptors (Lipinski definition) is 7. The number of anilines is 1. The minimum atomic E-state index is -0.643. The Morgan fingerprint density at radius 2 is 1.52 bits per heavy atom. The van der Waals surface area contributed by atoms with Crippen LogP contribution in [0, 0.1) is 0 Å². The van der Waals surface area contributed by atoms with Crippen LogP contribution < -0.4 is 30.4 Å². The second kappa shape index (κ2) is 11.8. The van der Waals surface area contributed by atoms with Gasteiger partial charge in [-0.2, -0.15) is 0 Å². The topological polar surface area (TPSA) is 124 Å². The van der Waals surface area contributed by atoms with Crippen molar-refractivity contribution in [2.24, 2.45) is 0 Å². The Morgan fingerprint density at radius 3 is 2.10 bits per heavy atom. The van der Waals surface area contributed by atoms with Gasteiger partial charge in [-0.25, -0.2) is 0 Å². The fourth-order valence-electron chi connectivity index (χ4n) is 2.45. The molecule has 2 aromatic rings. The highest BCUT2D eigenvalue weighted by Gasteiger charge is 2.17. The van der Waals surface area contributed by atoms with Crippen molar-refractivity contribution in [1.29, 1.82) is 0 Å². The molecule has 0 atom stereocenters. The quantitative estimate of drug-likeness (QED) is 0.453. The van der Waals surface area contributed by atoms with Crippen molar-refractivity contribution in [2.45, 2.75) is 0 Å². The van der Waals surface area contributed by atoms with Crippen molar-refractivity contribution in [1.82, 2.24) is 10.9 Å². The molecule has 0 saturated carbocycles. The number of hydrogen-bond donors (Lipinski definition) is 3. The minimum absolute atomic E-state index is 0.170. The summed E-state index contributed by atoms with van der Waals surface area (Å²) < 4.78 is 21.4. The molecule has 0 aliphatic carbocycles. The van der Waals surface area contributed by atoms with Gasteiger partial charge < -0.3 is 24.3 Å². The summed E-state index contributed by atoms with van der Waals surface area (Å²) in [5, 5.41) is 2.63. The lowest BCUT2D eigenvalue weighted by atomic mass is 10.1. The fourth-order valence-corrected chi connectivity index (χ4v) is 2.85. The Labute approximate surface area is 187 Å². The first-order valence-corrected chi connectivity index (χ1v) is 9.69. The first-order chi connectivity index (χ1) is 14.9. The van der Waals surface area contributed by atoms with Gasteiger partial charge in [0, 0.05) is 15.7 Å². The van der Waals surface area contributed by atoms with E-state index in [1.54, 1.807) is 18.2 Å². The normalized spacial score (nSPS) is 10.1. The predicted molar refractivity (Wildman–Crippen MR) is 115 cm³/mol. The molecular weight excluding hydrogens is 474 g/mol. The molecule has 0 unspecified atom stereocenters. The Kier molecular flexibility index (Phi) is 9.10. The van der Waals surface area contributed by atoms with Crippen LogP contribution in [0.2, 0.25) is 0 Å². The van der Waals surface area contributed by atoms with Crippen LogP contribution in [0.4, 0.5) is 5.69 Å². The molecule has 166 valence electrons. The first kappa shape index (κ1) is 24.0. The SMILES string of the molecule is COc1cc(C(=O)NNC(=O)COCC(=O)Nc2cccc(Br)c2)cc(OC)c1OC. The van der Waals surface area contributed by atoms with Crippen molar-refractivity contribution in [3.8, 4) is 17.2 Å². The Bertz CT molecular complexity index is 927. The highest BCUT2D eigenvalue weighted by molar-refractivity contribution is 9.10. The van der Waals surface area contributed by atoms with Gasteiger partial charge in [0.1, 0.15) is 13.2 Å². The van der Waals surface area contributed by atoms with Crippen LogP contribution in [0.15, 0.2) is 40.9 Å². The number of halogens is 1. The molecule has 0 bridgehead atoms. The van der Waals surface area contributed by atoms with Crippen LogP contribution in [-0.4, -0.2) is 52.3 Å². The number of nitrogens with one attached hydrogen (secondary N) is 3. The summed E-state index contributed by atoms with van der Waals surface area (Å²) >= 11 is 3.30. The van der Waals surface area contributed by atoms with E-state index in [-0.39, 0.29) is 23.7 Å². The number of hydrazine groups is 1. The molecule has 2 aromatic carbocycles. The maximum atomic E-state index is 12.3. The van der Waals surface area contributed by atoms with Gasteiger partial charge in [0.15, 0.2) is 11.5 Å². The number of carbonyl (C=O) groups excluding carboxylic acids is 3. The van der Waals surface area contributed by atoms with Gasteiger partial charge in [-0.3, -0.25) is 25.2 Å². The second-order valence-electron chi connectivity index (χ2n) is 5.97. The number of benzene rings is 2. The zero-order valence-corrected chi connectivity index (χ0v) is 18.7. The second-order valence-corrected chi connectivity index (χ2v) is 6.88. The zero-order valence-electron chi connectivity index (χ0n) is 17.1. The van der Waals surface area contributed by atoms with Gasteiger partial charge in [0.2, 0.25) is 11.7 Å². The van der Waals surface area contributed by atoms with Crippen LogP contribution in [0.5, 0.6) is 17.2 Å². The summed E-state index contributed by atoms with van der Waals surface area (Å²) in [6.07, 6.45) is 0. The van der Waals surface area contributed by atoms with Crippen molar-refractivity contribution < 1.29 is 33.3 Å². The third-order valence-electron chi connectivity index (χ3n) is 3.82. The van der Waals surface area contributed by atoms with E-state index < -0.39 is 24.3 Å². The van der Waals surface area contributed by atoms with E-state index in [0.717, 1.165) is 4.47 Å². The monoisotopic (exact) mass is 495 g/mol. The van der Waals surface area contributed by atoms with Gasteiger partial charge in [-0.1, -0.05) is 22.0 Å². The number of methoxy groups -OCH3 is 3. The van der Waals surface area contributed by atoms with E-state index in [2.05, 4.69) is 32.1 Å². The molecule has 0 saturated heterocycles. The Hall–Kier alpha value is -3.31. The van der Waals surface area contributed by atoms with E-state index in [1.165, 1.54) is 33.5 Å². The summed E-state index contributed by atoms with van der Waals surface area (Å²) in [7, 11) is 4.29. The van der Waals surface area contributed by atoms with E-state index in [9.17, 15) is 14.4 Å². The first-order valence-electron chi connectivity index (χ1n) is 8.90. The van der Waals surface area contributed by atoms with Gasteiger partial charge in [0.05, 0.1) is 21.3 Å². The Morgan fingerprint density at radius 1 is 0.871 bits per heavy atom. The van der Waals surface area contributed by atoms with Gasteiger partial charge in [-0.05, 0) is 30.3 Å². The van der Waals surface area contributed by atoms with Crippen LogP contribution in [0.1, 0.15) is 10.4 Å². The lowest BCUT2D eigenvalue weighted by molar-refractivity contribution is -0.129. The molecule has 11 heteroatoms. The molecule has 0 heterocycles. The molecule has 2 rings (SSSR count). The number of carbonyl (C=O) groups is 3. The fraction of sp³-hybridized carbons (Fsp3) is 0.250. The third kappa shape index (κ3) is 7.15. The summed E-state index contributed by atoms with van der Waals surface area (Å²) in [6, 6.07) is 9.90. The van der Waals surface area contributed by atoms with Gasteiger partial charge in [-0.15, -0.1) is 0 Å². The average molecular weight is 496 g/mol. The maximum absolute atomic E-state index is 12.3. The molecule has 0 spiro atoms. The molecule has 10 nitrogen and oxygen atoms in total. The molecule has 0 aromatic heterocycles. The molecule has 31 heavy (non-hydrogen) atoms. The Balaban J connectivity index is 1.80. The highest BCUT2D eigenvalue weighted by Crippen LogP contribution is 2.38. The highest BCUT2D eigenvalue weighted by atomic mass is 79.9. The lowest BCUT2D eigenvalue weighted by Gasteiger charge is -2.14. The largest absolute Gasteiger partial charge is 0.493 e. The number of rotatable bonds is 9. The molecular formula is C20H22BrN3O7. The summed E-state index contributed by atoms with van der Waals surface area (Å²) in [4.78, 5) is 36.0. The predicted octanol–water partition coefficient (Wildman–Crippen LogP) is 1.89. The van der Waals surface area contributed by atoms with Gasteiger partial charge >= 0.3 is 0 Å². The summed E-state index contributed by atoms with van der Waals surface area (Å²) in [5.74, 6) is -0.764. The van der Waals surface area contributed by atoms with Crippen LogP contribution >= 0.6 is 15.9 Å². The molecule has 0 aliphatic heterocycles. The van der Waals surface area contributed by atoms with E-state index in [1.807, 2.05) is 6.07 Å². The van der Waals surface area contributed by atoms with E-state index in [4.69, 9.17) is 18.9 Å². The molecule has 0 fully saturated rings. The van der Waals surface area contributed by atoms with Crippen molar-refractivity contribution in [2.75, 3.05) is 39.9 Å². The third-order valence-corrected chi connectivity index (χ3v) is 4.31. The molecule has 3 N–H and O–H groups in total. The standard InChI is InChI=1S/C20H22BrN3O7/c1-28-15-7-12(8-16(29-2)19(15)30-3)20(27)24-23-18(26)11-31-10-17(25)22-14-6-4-5-13(21)9-14/h4-9H,10-11H2,1-3H3,(H,22,25)(H,23,26)(H,24,27). The van der Waals surface area contributed by atoms with Crippen LogP contribution in [-0.2, 0) is 14.3 Å². The summed E-state index contributed by atoms with van der Waals surface area (Å²) in [6.45, 7) is -0.762. The molecule has 0 aliphatic rings. The van der Waals surface area contributed by atoms with E-state index >= 15 is 0 Å². The van der Waals surface area contributed by atoms with E-state index in [0.29, 0.717) is 11.4 Å². The average Bonchev–Trinajstić information content (AvgIpc) is 2.76. The number of amides is 3. The van der Waals surface area contributed by atoms with Gasteiger partial charge in [0.25, 0.3) is 11.8 Å². The van der Waals surface area contributed by atoms with Crippen molar-refractivity contribution in [3.05, 3.63) is 46.4 Å². The maximum Gasteiger partial charge on any atom is 0.269 e.